The van der Waals surface area contributed by atoms with Gasteiger partial charge in [-0.2, -0.15) is 4.99 Å². The van der Waals surface area contributed by atoms with E-state index in [4.69, 9.17) is 20.6 Å². The van der Waals surface area contributed by atoms with Gasteiger partial charge >= 0.3 is 0 Å². The molecule has 196 valence electrons. The number of nitrogens with two attached hydrogens (primary N) is 1. The number of benzodiazepines with no additional fused rings is 1. The molecule has 3 aromatic rings. The monoisotopic (exact) mass is 513 g/mol. The molecule has 1 fully saturated rings. The highest BCUT2D eigenvalue weighted by atomic mass is 16.5. The van der Waals surface area contributed by atoms with Gasteiger partial charge in [-0.05, 0) is 18.2 Å². The molecular weight excluding hydrogens is 482 g/mol. The third-order valence-corrected chi connectivity index (χ3v) is 5.77. The summed E-state index contributed by atoms with van der Waals surface area (Å²) in [5, 5.41) is 11.4. The first-order chi connectivity index (χ1) is 18.6. The smallest absolute Gasteiger partial charge is 0.291 e. The Kier molecular flexibility index (Phi) is 8.78. The van der Waals surface area contributed by atoms with Gasteiger partial charge in [-0.15, -0.1) is 0 Å². The van der Waals surface area contributed by atoms with Crippen LogP contribution in [-0.2, 0) is 14.3 Å². The summed E-state index contributed by atoms with van der Waals surface area (Å²) in [6, 6.07) is 20.1. The molecule has 1 atom stereocenters. The largest absolute Gasteiger partial charge is 0.407 e. The van der Waals surface area contributed by atoms with Crippen LogP contribution in [0.3, 0.4) is 0 Å². The topological polar surface area (TPSA) is 138 Å². The molecule has 4 N–H and O–H groups in total. The van der Waals surface area contributed by atoms with E-state index in [9.17, 15) is 4.79 Å². The summed E-state index contributed by atoms with van der Waals surface area (Å²) in [6.45, 7) is 6.46. The number of amides is 1. The van der Waals surface area contributed by atoms with Gasteiger partial charge in [0.05, 0.1) is 30.2 Å². The highest BCUT2D eigenvalue weighted by Crippen LogP contribution is 2.25. The van der Waals surface area contributed by atoms with Crippen LogP contribution in [0, 0.1) is 5.41 Å². The van der Waals surface area contributed by atoms with E-state index in [1.54, 1.807) is 18.3 Å². The Morgan fingerprint density at radius 2 is 1.79 bits per heavy atom. The number of para-hydroxylation sites is 1. The molecule has 1 amide bonds. The minimum absolute atomic E-state index is 0.226. The quantitative estimate of drug-likeness (QED) is 0.361. The number of ether oxygens (including phenoxy) is 2. The summed E-state index contributed by atoms with van der Waals surface area (Å²) < 4.78 is 11.0. The summed E-state index contributed by atoms with van der Waals surface area (Å²) in [7, 11) is 0. The lowest BCUT2D eigenvalue weighted by Gasteiger charge is -2.29. The molecule has 1 unspecified atom stereocenters. The Balaban J connectivity index is 0.00000164. The average Bonchev–Trinajstić information content (AvgIpc) is 3.11. The number of nitrogens with zero attached hydrogens (tertiary/aromatic N) is 4. The first-order valence-corrected chi connectivity index (χ1v) is 12.5. The fourth-order valence-electron chi connectivity index (χ4n) is 4.07. The van der Waals surface area contributed by atoms with Crippen LogP contribution in [0.1, 0.15) is 30.5 Å². The molecule has 2 aliphatic heterocycles. The van der Waals surface area contributed by atoms with Crippen LogP contribution in [0.25, 0.3) is 0 Å². The molecular formula is C28H31N7O3. The van der Waals surface area contributed by atoms with Crippen molar-refractivity contribution in [1.82, 2.24) is 4.98 Å². The van der Waals surface area contributed by atoms with Gasteiger partial charge in [-0.1, -0.05) is 62.4 Å². The number of carbonyl (C=O) groups is 1. The zero-order chi connectivity index (χ0) is 26.9. The van der Waals surface area contributed by atoms with E-state index in [0.717, 1.165) is 11.1 Å². The van der Waals surface area contributed by atoms with E-state index in [1.165, 1.54) is 0 Å². The van der Waals surface area contributed by atoms with Gasteiger partial charge in [0, 0.05) is 30.4 Å². The number of benzene rings is 2. The van der Waals surface area contributed by atoms with E-state index in [2.05, 4.69) is 20.3 Å². The number of anilines is 2. The Morgan fingerprint density at radius 1 is 1.08 bits per heavy atom. The Bertz CT molecular complexity index is 1340. The van der Waals surface area contributed by atoms with Crippen molar-refractivity contribution in [2.24, 2.45) is 15.7 Å². The fraction of sp³-hybridized carbons (Fsp3) is 0.250. The van der Waals surface area contributed by atoms with E-state index in [1.807, 2.05) is 73.3 Å². The zero-order valence-electron chi connectivity index (χ0n) is 21.4. The normalized spacial score (nSPS) is 17.2. The Hall–Kier alpha value is -4.57. The molecule has 38 heavy (non-hydrogen) atoms. The molecule has 1 saturated heterocycles. The summed E-state index contributed by atoms with van der Waals surface area (Å²) in [4.78, 5) is 28.3. The summed E-state index contributed by atoms with van der Waals surface area (Å²) in [5.74, 6) is -0.0806. The van der Waals surface area contributed by atoms with Crippen LogP contribution >= 0.6 is 0 Å². The van der Waals surface area contributed by atoms with Crippen molar-refractivity contribution in [3.8, 4) is 0 Å². The molecule has 0 saturated carbocycles. The number of amidine groups is 1. The van der Waals surface area contributed by atoms with E-state index in [0.29, 0.717) is 49.1 Å². The van der Waals surface area contributed by atoms with Crippen molar-refractivity contribution < 1.29 is 14.3 Å². The highest BCUT2D eigenvalue weighted by molar-refractivity contribution is 6.19. The molecule has 0 bridgehead atoms. The molecule has 10 heteroatoms. The fourth-order valence-corrected chi connectivity index (χ4v) is 4.07. The van der Waals surface area contributed by atoms with Crippen molar-refractivity contribution in [3.63, 3.8) is 0 Å². The maximum atomic E-state index is 13.0. The second kappa shape index (κ2) is 12.6. The van der Waals surface area contributed by atoms with E-state index >= 15 is 0 Å². The molecule has 0 spiro atoms. The molecule has 5 rings (SSSR count). The van der Waals surface area contributed by atoms with Gasteiger partial charge in [0.15, 0.2) is 0 Å². The molecule has 2 aromatic carbocycles. The van der Waals surface area contributed by atoms with Crippen LogP contribution < -0.4 is 16.0 Å². The predicted octanol–water partition coefficient (Wildman–Crippen LogP) is 3.42. The van der Waals surface area contributed by atoms with Gasteiger partial charge < -0.3 is 25.4 Å². The number of pyridine rings is 1. The minimum Gasteiger partial charge on any atom is -0.407 e. The van der Waals surface area contributed by atoms with Crippen LogP contribution in [0.15, 0.2) is 82.9 Å². The molecule has 1 aromatic heterocycles. The molecule has 0 aliphatic carbocycles. The highest BCUT2D eigenvalue weighted by Gasteiger charge is 2.26. The van der Waals surface area contributed by atoms with Gasteiger partial charge in [0.1, 0.15) is 5.82 Å². The van der Waals surface area contributed by atoms with Gasteiger partial charge in [-0.3, -0.25) is 10.2 Å². The van der Waals surface area contributed by atoms with Gasteiger partial charge in [0.25, 0.3) is 11.9 Å². The van der Waals surface area contributed by atoms with Crippen LogP contribution in [-0.4, -0.2) is 61.0 Å². The Labute approximate surface area is 221 Å². The van der Waals surface area contributed by atoms with Crippen molar-refractivity contribution in [3.05, 3.63) is 89.6 Å². The Morgan fingerprint density at radius 3 is 2.55 bits per heavy atom. The number of morpholine rings is 1. The lowest BCUT2D eigenvalue weighted by Crippen LogP contribution is -2.38. The van der Waals surface area contributed by atoms with Crippen LogP contribution in [0.5, 0.6) is 0 Å². The second-order valence-electron chi connectivity index (χ2n) is 8.12. The third kappa shape index (κ3) is 6.04. The molecule has 2 aliphatic rings. The number of hydrogen-bond acceptors (Lipinski definition) is 8. The second-order valence-corrected chi connectivity index (χ2v) is 8.12. The first-order valence-electron chi connectivity index (χ1n) is 12.5. The zero-order valence-corrected chi connectivity index (χ0v) is 21.4. The number of nitrogens with one attached hydrogen (secondary N) is 2. The number of rotatable bonds is 4. The van der Waals surface area contributed by atoms with Crippen LogP contribution in [0.2, 0.25) is 0 Å². The van der Waals surface area contributed by atoms with E-state index in [-0.39, 0.29) is 11.9 Å². The number of aromatic nitrogens is 1. The third-order valence-electron chi connectivity index (χ3n) is 5.77. The molecule has 10 nitrogen and oxygen atoms in total. The van der Waals surface area contributed by atoms with Gasteiger partial charge in [-0.25, -0.2) is 9.98 Å². The van der Waals surface area contributed by atoms with Crippen LogP contribution in [0.4, 0.5) is 11.5 Å². The SMILES string of the molecule is CC.N=C(O/C(N)=N/C1N=C(c2ccccc2)c2ccccc2NC1=O)c1cccnc1N1CCOCC1. The van der Waals surface area contributed by atoms with Crippen molar-refractivity contribution in [1.29, 1.82) is 5.41 Å². The lowest BCUT2D eigenvalue weighted by molar-refractivity contribution is -0.117. The number of hydrogen-bond donors (Lipinski definition) is 3. The minimum atomic E-state index is -1.20. The molecule has 0 radical (unpaired) electrons. The van der Waals surface area contributed by atoms with Gasteiger partial charge in [0.2, 0.25) is 12.1 Å². The first kappa shape index (κ1) is 26.5. The average molecular weight is 514 g/mol. The molecule has 3 heterocycles. The summed E-state index contributed by atoms with van der Waals surface area (Å²) in [5.41, 5.74) is 9.35. The standard InChI is InChI=1S/C26H25N7O3.C2H6/c27-22(19-10-6-12-29-24(19)33-13-15-35-16-14-33)36-26(28)32-23-25(34)30-20-11-5-4-9-18(20)21(31-23)17-7-2-1-3-8-17;1-2/h1-12,23,27H,13-16H2,(H2,28,32)(H,30,34);1-2H3. The van der Waals surface area contributed by atoms with Crippen molar-refractivity contribution in [2.75, 3.05) is 36.5 Å². The maximum absolute atomic E-state index is 13.0. The summed E-state index contributed by atoms with van der Waals surface area (Å²) >= 11 is 0. The number of aliphatic imine (C=N–C) groups is 2. The van der Waals surface area contributed by atoms with Crippen molar-refractivity contribution in [2.45, 2.75) is 20.0 Å². The predicted molar refractivity (Wildman–Crippen MR) is 149 cm³/mol. The maximum Gasteiger partial charge on any atom is 0.291 e. The lowest BCUT2D eigenvalue weighted by atomic mass is 10.0. The van der Waals surface area contributed by atoms with E-state index < -0.39 is 12.1 Å². The number of carbonyl (C=O) groups excluding carboxylic acids is 1. The van der Waals surface area contributed by atoms with Crippen molar-refractivity contribution >= 4 is 35.0 Å². The number of fused-ring (bicyclic) bond motifs is 1. The summed E-state index contributed by atoms with van der Waals surface area (Å²) in [6.07, 6.45) is 0.458.